The molecule has 0 saturated heterocycles. The molecule has 0 saturated carbocycles. The van der Waals surface area contributed by atoms with Crippen LogP contribution in [0.4, 0.5) is 11.4 Å². The Balaban J connectivity index is 1.58. The molecule has 0 aromatic heterocycles. The van der Waals surface area contributed by atoms with Crippen LogP contribution in [0.3, 0.4) is 0 Å². The van der Waals surface area contributed by atoms with Crippen molar-refractivity contribution in [2.24, 2.45) is 10.2 Å². The number of benzene rings is 4. The molecule has 4 aromatic carbocycles. The van der Waals surface area contributed by atoms with Crippen molar-refractivity contribution in [2.75, 3.05) is 13.2 Å². The summed E-state index contributed by atoms with van der Waals surface area (Å²) in [4.78, 5) is 25.7. The number of carbonyl (C=O) groups is 2. The molecule has 0 amide bonds. The fourth-order valence-corrected chi connectivity index (χ4v) is 5.15. The monoisotopic (exact) mass is 698 g/mol. The molecule has 0 unspecified atom stereocenters. The van der Waals surface area contributed by atoms with Crippen LogP contribution in [0.5, 0.6) is 23.0 Å². The van der Waals surface area contributed by atoms with E-state index in [4.69, 9.17) is 30.5 Å². The molecule has 8 nitrogen and oxygen atoms in total. The van der Waals surface area contributed by atoms with E-state index in [1.165, 1.54) is 12.8 Å². The van der Waals surface area contributed by atoms with Crippen LogP contribution < -0.4 is 18.9 Å². The molecule has 0 N–H and O–H groups in total. The Morgan fingerprint density at radius 3 is 1.72 bits per heavy atom. The molecule has 9 heteroatoms. The lowest BCUT2D eigenvalue weighted by Crippen LogP contribution is -2.11. The molecule has 0 aliphatic rings. The van der Waals surface area contributed by atoms with Crippen molar-refractivity contribution in [3.63, 3.8) is 0 Å². The second-order valence-corrected chi connectivity index (χ2v) is 12.5. The quantitative estimate of drug-likeness (QED) is 0.0394. The molecule has 0 aliphatic carbocycles. The van der Waals surface area contributed by atoms with E-state index in [-0.39, 0.29) is 5.75 Å². The third-order valence-corrected chi connectivity index (χ3v) is 8.19. The lowest BCUT2D eigenvalue weighted by atomic mass is 10.1. The van der Waals surface area contributed by atoms with Crippen LogP contribution in [0.1, 0.15) is 104 Å². The summed E-state index contributed by atoms with van der Waals surface area (Å²) in [5.41, 5.74) is 2.86. The Bertz CT molecular complexity index is 1670. The molecule has 0 aliphatic heterocycles. The number of azo groups is 1. The summed E-state index contributed by atoms with van der Waals surface area (Å²) in [7, 11) is 0. The van der Waals surface area contributed by atoms with Gasteiger partial charge >= 0.3 is 11.9 Å². The summed E-state index contributed by atoms with van der Waals surface area (Å²) in [6.45, 7) is 7.18. The van der Waals surface area contributed by atoms with Crippen molar-refractivity contribution < 1.29 is 28.5 Å². The molecule has 0 bridgehead atoms. The van der Waals surface area contributed by atoms with Gasteiger partial charge in [0.2, 0.25) is 5.75 Å². The van der Waals surface area contributed by atoms with Gasteiger partial charge in [-0.25, -0.2) is 9.59 Å². The molecule has 264 valence electrons. The van der Waals surface area contributed by atoms with Crippen LogP contribution in [0.15, 0.2) is 95.2 Å². The van der Waals surface area contributed by atoms with E-state index < -0.39 is 11.9 Å². The van der Waals surface area contributed by atoms with Crippen LogP contribution >= 0.6 is 11.6 Å². The Kier molecular flexibility index (Phi) is 15.8. The van der Waals surface area contributed by atoms with Crippen LogP contribution in [-0.2, 0) is 0 Å². The van der Waals surface area contributed by atoms with Gasteiger partial charge in [-0.2, -0.15) is 5.11 Å². The number of hydrogen-bond acceptors (Lipinski definition) is 8. The van der Waals surface area contributed by atoms with Gasteiger partial charge < -0.3 is 18.9 Å². The Hall–Kier alpha value is -4.69. The van der Waals surface area contributed by atoms with Gasteiger partial charge in [-0.15, -0.1) is 5.11 Å². The average Bonchev–Trinajstić information content (AvgIpc) is 3.12. The number of unbranched alkanes of at least 4 members (excludes halogenated alkanes) is 8. The van der Waals surface area contributed by atoms with E-state index in [1.54, 1.807) is 72.8 Å². The molecule has 4 rings (SSSR count). The minimum absolute atomic E-state index is 0.234. The molecule has 0 spiro atoms. The van der Waals surface area contributed by atoms with Crippen LogP contribution in [0, 0.1) is 6.92 Å². The van der Waals surface area contributed by atoms with Gasteiger partial charge in [0.1, 0.15) is 11.4 Å². The molecular weight excluding hydrogens is 652 g/mol. The lowest BCUT2D eigenvalue weighted by Gasteiger charge is -2.18. The van der Waals surface area contributed by atoms with Gasteiger partial charge in [-0.05, 0) is 92.6 Å². The van der Waals surface area contributed by atoms with E-state index >= 15 is 0 Å². The number of rotatable bonds is 20. The fraction of sp³-hybridized carbons (Fsp3) is 0.366. The van der Waals surface area contributed by atoms with Crippen LogP contribution in [0.2, 0.25) is 5.02 Å². The Morgan fingerprint density at radius 2 is 1.12 bits per heavy atom. The van der Waals surface area contributed by atoms with Gasteiger partial charge in [0.15, 0.2) is 11.5 Å². The zero-order valence-corrected chi connectivity index (χ0v) is 30.0. The standard InChI is InChI=1S/C41H47ClN2O6/c1-4-6-8-10-12-28-47-38-36(44-43-34-22-24-35(25-23-34)49-40(45)31-16-14-30(3)15-17-31)26-27-37(39(38)48-29-13-11-9-7-5-2)50-41(46)32-18-20-33(42)21-19-32/h14-27H,4-13,28-29H2,1-3H3. The highest BCUT2D eigenvalue weighted by atomic mass is 35.5. The molecule has 0 heterocycles. The first-order chi connectivity index (χ1) is 24.4. The van der Waals surface area contributed by atoms with Crippen molar-refractivity contribution in [3.05, 3.63) is 107 Å². The molecular formula is C41H47ClN2O6. The van der Waals surface area contributed by atoms with Crippen molar-refractivity contribution in [3.8, 4) is 23.0 Å². The summed E-state index contributed by atoms with van der Waals surface area (Å²) in [5.74, 6) is 0.318. The fourth-order valence-electron chi connectivity index (χ4n) is 5.02. The highest BCUT2D eigenvalue weighted by Crippen LogP contribution is 2.45. The first-order valence-corrected chi connectivity index (χ1v) is 18.0. The maximum absolute atomic E-state index is 13.1. The highest BCUT2D eigenvalue weighted by molar-refractivity contribution is 6.30. The van der Waals surface area contributed by atoms with Gasteiger partial charge in [-0.1, -0.05) is 94.5 Å². The van der Waals surface area contributed by atoms with Gasteiger partial charge in [0.05, 0.1) is 30.0 Å². The zero-order valence-electron chi connectivity index (χ0n) is 29.3. The minimum atomic E-state index is -0.544. The lowest BCUT2D eigenvalue weighted by molar-refractivity contribution is 0.0720. The maximum atomic E-state index is 13.1. The average molecular weight is 699 g/mol. The normalized spacial score (nSPS) is 11.0. The first-order valence-electron chi connectivity index (χ1n) is 17.6. The number of esters is 2. The first kappa shape index (κ1) is 38.1. The van der Waals surface area contributed by atoms with E-state index in [2.05, 4.69) is 24.1 Å². The van der Waals surface area contributed by atoms with E-state index in [0.29, 0.717) is 58.0 Å². The molecule has 50 heavy (non-hydrogen) atoms. The topological polar surface area (TPSA) is 95.8 Å². The number of ether oxygens (including phenoxy) is 4. The van der Waals surface area contributed by atoms with Gasteiger partial charge in [0.25, 0.3) is 0 Å². The summed E-state index contributed by atoms with van der Waals surface area (Å²) >= 11 is 6.03. The summed E-state index contributed by atoms with van der Waals surface area (Å²) < 4.78 is 24.1. The van der Waals surface area contributed by atoms with Gasteiger partial charge in [-0.3, -0.25) is 0 Å². The summed E-state index contributed by atoms with van der Waals surface area (Å²) in [6, 6.07) is 23.8. The number of aryl methyl sites for hydroxylation is 1. The zero-order chi connectivity index (χ0) is 35.6. The molecule has 0 radical (unpaired) electrons. The van der Waals surface area contributed by atoms with Crippen molar-refractivity contribution in [1.82, 2.24) is 0 Å². The predicted octanol–water partition coefficient (Wildman–Crippen LogP) is 12.2. The molecule has 0 atom stereocenters. The van der Waals surface area contributed by atoms with Crippen molar-refractivity contribution in [2.45, 2.75) is 85.0 Å². The Morgan fingerprint density at radius 1 is 0.580 bits per heavy atom. The summed E-state index contributed by atoms with van der Waals surface area (Å²) in [6.07, 6.45) is 10.6. The third kappa shape index (κ3) is 12.3. The van der Waals surface area contributed by atoms with Crippen LogP contribution in [-0.4, -0.2) is 25.2 Å². The second kappa shape index (κ2) is 20.7. The number of carbonyl (C=O) groups excluding carboxylic acids is 2. The van der Waals surface area contributed by atoms with E-state index in [1.807, 2.05) is 19.1 Å². The number of halogens is 1. The van der Waals surface area contributed by atoms with Crippen molar-refractivity contribution in [1.29, 1.82) is 0 Å². The third-order valence-electron chi connectivity index (χ3n) is 7.93. The Labute approximate surface area is 300 Å². The predicted molar refractivity (Wildman–Crippen MR) is 198 cm³/mol. The second-order valence-electron chi connectivity index (χ2n) is 12.1. The minimum Gasteiger partial charge on any atom is -0.487 e. The van der Waals surface area contributed by atoms with Gasteiger partial charge in [0, 0.05) is 5.02 Å². The van der Waals surface area contributed by atoms with Crippen molar-refractivity contribution >= 4 is 34.9 Å². The largest absolute Gasteiger partial charge is 0.487 e. The van der Waals surface area contributed by atoms with E-state index in [0.717, 1.165) is 56.9 Å². The smallest absolute Gasteiger partial charge is 0.343 e. The molecule has 4 aromatic rings. The number of hydrogen-bond donors (Lipinski definition) is 0. The number of nitrogens with zero attached hydrogens (tertiary/aromatic N) is 2. The van der Waals surface area contributed by atoms with E-state index in [9.17, 15) is 9.59 Å². The highest BCUT2D eigenvalue weighted by Gasteiger charge is 2.21. The maximum Gasteiger partial charge on any atom is 0.343 e. The van der Waals surface area contributed by atoms with Crippen LogP contribution in [0.25, 0.3) is 0 Å². The SMILES string of the molecule is CCCCCCCOc1c(N=Nc2ccc(OC(=O)c3ccc(C)cc3)cc2)ccc(OC(=O)c2ccc(Cl)cc2)c1OCCCCCCC. The molecule has 0 fully saturated rings. The summed E-state index contributed by atoms with van der Waals surface area (Å²) in [5, 5.41) is 9.49.